The van der Waals surface area contributed by atoms with Gasteiger partial charge >= 0.3 is 5.69 Å². The van der Waals surface area contributed by atoms with Gasteiger partial charge in [0.1, 0.15) is 0 Å². The van der Waals surface area contributed by atoms with Crippen LogP contribution < -0.4 is 5.69 Å². The van der Waals surface area contributed by atoms with Gasteiger partial charge in [-0.15, -0.1) is 0 Å². The summed E-state index contributed by atoms with van der Waals surface area (Å²) in [4.78, 5) is 17.6. The minimum Gasteiger partial charge on any atom is -0.378 e. The Bertz CT molecular complexity index is 758. The minimum absolute atomic E-state index is 0.0140. The molecule has 2 heterocycles. The molecule has 1 saturated carbocycles. The van der Waals surface area contributed by atoms with Gasteiger partial charge in [-0.25, -0.2) is 4.79 Å². The average molecular weight is 329 g/mol. The second-order valence-electron chi connectivity index (χ2n) is 7.32. The molecule has 1 aromatic heterocycles. The second-order valence-corrected chi connectivity index (χ2v) is 7.32. The summed E-state index contributed by atoms with van der Waals surface area (Å²) in [7, 11) is 2.17. The molecule has 1 aliphatic carbocycles. The molecule has 130 valence electrons. The highest BCUT2D eigenvalue weighted by atomic mass is 16.5. The number of aromatic amines is 1. The number of rotatable bonds is 6. The third-order valence-corrected chi connectivity index (χ3v) is 5.66. The highest BCUT2D eigenvalue weighted by Crippen LogP contribution is 2.25. The summed E-state index contributed by atoms with van der Waals surface area (Å²) in [6, 6.07) is 6.55. The second kappa shape index (κ2) is 6.73. The number of benzene rings is 1. The Kier molecular flexibility index (Phi) is 4.46. The van der Waals surface area contributed by atoms with Crippen LogP contribution in [0.15, 0.2) is 23.0 Å². The molecule has 1 N–H and O–H groups in total. The molecule has 1 fully saturated rings. The fourth-order valence-electron chi connectivity index (χ4n) is 4.26. The van der Waals surface area contributed by atoms with Crippen molar-refractivity contribution >= 4 is 11.0 Å². The van der Waals surface area contributed by atoms with Crippen LogP contribution in [0.3, 0.4) is 0 Å². The summed E-state index contributed by atoms with van der Waals surface area (Å²) >= 11 is 0. The Morgan fingerprint density at radius 2 is 2.17 bits per heavy atom. The summed E-state index contributed by atoms with van der Waals surface area (Å²) in [5.74, 6) is 0. The lowest BCUT2D eigenvalue weighted by Crippen LogP contribution is -2.42. The topological polar surface area (TPSA) is 50.3 Å². The van der Waals surface area contributed by atoms with Gasteiger partial charge in [0.2, 0.25) is 0 Å². The fourth-order valence-corrected chi connectivity index (χ4v) is 4.26. The third-order valence-electron chi connectivity index (χ3n) is 5.66. The number of nitrogens with one attached hydrogen (secondary N) is 1. The van der Waals surface area contributed by atoms with Crippen molar-refractivity contribution in [1.82, 2.24) is 14.5 Å². The van der Waals surface area contributed by atoms with E-state index in [4.69, 9.17) is 4.74 Å². The van der Waals surface area contributed by atoms with Crippen molar-refractivity contribution in [3.63, 3.8) is 0 Å². The van der Waals surface area contributed by atoms with Crippen molar-refractivity contribution in [2.45, 2.75) is 57.2 Å². The maximum atomic E-state index is 12.2. The summed E-state index contributed by atoms with van der Waals surface area (Å²) in [5.41, 5.74) is 3.34. The molecule has 0 radical (unpaired) electrons. The van der Waals surface area contributed by atoms with E-state index in [1.807, 2.05) is 16.7 Å². The summed E-state index contributed by atoms with van der Waals surface area (Å²) in [5, 5.41) is 0. The first kappa shape index (κ1) is 15.9. The highest BCUT2D eigenvalue weighted by molar-refractivity contribution is 5.79. The van der Waals surface area contributed by atoms with E-state index in [0.29, 0.717) is 12.1 Å². The maximum absolute atomic E-state index is 12.2. The Labute approximate surface area is 142 Å². The number of aromatic nitrogens is 2. The van der Waals surface area contributed by atoms with Crippen LogP contribution in [0.1, 0.15) is 37.7 Å². The summed E-state index contributed by atoms with van der Waals surface area (Å²) in [6.45, 7) is 2.64. The van der Waals surface area contributed by atoms with Crippen molar-refractivity contribution < 1.29 is 4.74 Å². The first-order chi connectivity index (χ1) is 11.7. The number of likely N-dealkylation sites (N-methyl/N-ethyl adjacent to an activating group) is 1. The lowest BCUT2D eigenvalue weighted by atomic mass is 9.99. The van der Waals surface area contributed by atoms with Crippen LogP contribution >= 0.6 is 0 Å². The molecule has 0 unspecified atom stereocenters. The van der Waals surface area contributed by atoms with Gasteiger partial charge < -0.3 is 14.6 Å². The van der Waals surface area contributed by atoms with Crippen molar-refractivity contribution in [2.75, 3.05) is 20.2 Å². The van der Waals surface area contributed by atoms with Crippen LogP contribution in [0.25, 0.3) is 11.0 Å². The zero-order chi connectivity index (χ0) is 16.5. The van der Waals surface area contributed by atoms with E-state index < -0.39 is 0 Å². The van der Waals surface area contributed by atoms with Crippen molar-refractivity contribution in [3.8, 4) is 0 Å². The number of para-hydroxylation sites is 1. The lowest BCUT2D eigenvalue weighted by Gasteiger charge is -2.32. The predicted octanol–water partition coefficient (Wildman–Crippen LogP) is 2.54. The van der Waals surface area contributed by atoms with Crippen LogP contribution in [0.2, 0.25) is 0 Å². The molecule has 1 atom stereocenters. The van der Waals surface area contributed by atoms with Gasteiger partial charge in [-0.2, -0.15) is 0 Å². The molecule has 5 heteroatoms. The van der Waals surface area contributed by atoms with Gasteiger partial charge in [0.15, 0.2) is 0 Å². The third kappa shape index (κ3) is 3.03. The number of hydrogen-bond acceptors (Lipinski definition) is 3. The van der Waals surface area contributed by atoms with Crippen LogP contribution in [-0.4, -0.2) is 46.8 Å². The maximum Gasteiger partial charge on any atom is 0.326 e. The summed E-state index contributed by atoms with van der Waals surface area (Å²) < 4.78 is 7.87. The van der Waals surface area contributed by atoms with Crippen LogP contribution in [0.5, 0.6) is 0 Å². The minimum atomic E-state index is 0.0140. The molecular formula is C19H27N3O2. The number of hydrogen-bond donors (Lipinski definition) is 1. The Morgan fingerprint density at radius 1 is 1.33 bits per heavy atom. The first-order valence-electron chi connectivity index (χ1n) is 9.24. The van der Waals surface area contributed by atoms with Crippen molar-refractivity contribution in [2.24, 2.45) is 0 Å². The van der Waals surface area contributed by atoms with E-state index in [-0.39, 0.29) is 5.69 Å². The smallest absolute Gasteiger partial charge is 0.326 e. The van der Waals surface area contributed by atoms with Gasteiger partial charge in [-0.3, -0.25) is 4.57 Å². The molecule has 2 aliphatic rings. The molecule has 5 nitrogen and oxygen atoms in total. The van der Waals surface area contributed by atoms with E-state index in [0.717, 1.165) is 43.6 Å². The first-order valence-corrected chi connectivity index (χ1v) is 9.24. The SMILES string of the molecule is CN(CCCOC1CCCC1)[C@@H]1Cc2cccc3[nH]c(=O)n(c23)C1. The van der Waals surface area contributed by atoms with Crippen LogP contribution in [-0.2, 0) is 17.7 Å². The largest absolute Gasteiger partial charge is 0.378 e. The van der Waals surface area contributed by atoms with E-state index >= 15 is 0 Å². The quantitative estimate of drug-likeness (QED) is 0.829. The van der Waals surface area contributed by atoms with E-state index in [2.05, 4.69) is 23.0 Å². The molecule has 24 heavy (non-hydrogen) atoms. The highest BCUT2D eigenvalue weighted by Gasteiger charge is 2.25. The molecule has 0 saturated heterocycles. The van der Waals surface area contributed by atoms with Crippen molar-refractivity contribution in [3.05, 3.63) is 34.2 Å². The Balaban J connectivity index is 1.35. The Hall–Kier alpha value is -1.59. The van der Waals surface area contributed by atoms with Gasteiger partial charge in [-0.05, 0) is 44.4 Å². The van der Waals surface area contributed by atoms with Crippen LogP contribution in [0.4, 0.5) is 0 Å². The van der Waals surface area contributed by atoms with Gasteiger partial charge in [0, 0.05) is 25.7 Å². The zero-order valence-corrected chi connectivity index (χ0v) is 14.5. The standard InChI is InChI=1S/C19H27N3O2/c1-21(10-5-11-24-16-7-2-3-8-16)15-12-14-6-4-9-17-18(14)22(13-15)19(23)20-17/h4,6,9,15-16H,2-3,5,7-8,10-13H2,1H3,(H,20,23)/t15-/m1/s1. The number of H-pyrrole nitrogens is 1. The normalized spacial score (nSPS) is 21.2. The fraction of sp³-hybridized carbons (Fsp3) is 0.632. The molecule has 1 aromatic carbocycles. The molecule has 1 aliphatic heterocycles. The van der Waals surface area contributed by atoms with Gasteiger partial charge in [-0.1, -0.05) is 25.0 Å². The number of nitrogens with zero attached hydrogens (tertiary/aromatic N) is 2. The Morgan fingerprint density at radius 3 is 3.00 bits per heavy atom. The number of ether oxygens (including phenoxy) is 1. The summed E-state index contributed by atoms with van der Waals surface area (Å²) in [6.07, 6.45) is 7.70. The lowest BCUT2D eigenvalue weighted by molar-refractivity contribution is 0.0500. The monoisotopic (exact) mass is 329 g/mol. The van der Waals surface area contributed by atoms with Crippen molar-refractivity contribution in [1.29, 1.82) is 0 Å². The van der Waals surface area contributed by atoms with E-state index in [9.17, 15) is 4.79 Å². The van der Waals surface area contributed by atoms with Gasteiger partial charge in [0.25, 0.3) is 0 Å². The molecule has 0 amide bonds. The van der Waals surface area contributed by atoms with Gasteiger partial charge in [0.05, 0.1) is 17.1 Å². The number of imidazole rings is 1. The molecule has 0 spiro atoms. The zero-order valence-electron chi connectivity index (χ0n) is 14.5. The van der Waals surface area contributed by atoms with E-state index in [1.54, 1.807) is 0 Å². The van der Waals surface area contributed by atoms with Crippen LogP contribution in [0, 0.1) is 0 Å². The predicted molar refractivity (Wildman–Crippen MR) is 95.5 cm³/mol. The molecule has 2 aromatic rings. The molecule has 0 bridgehead atoms. The molecular weight excluding hydrogens is 302 g/mol. The average Bonchev–Trinajstić information content (AvgIpc) is 3.21. The molecule has 4 rings (SSSR count). The van der Waals surface area contributed by atoms with E-state index in [1.165, 1.54) is 31.2 Å².